The van der Waals surface area contributed by atoms with Crippen LogP contribution in [-0.4, -0.2) is 23.3 Å². The van der Waals surface area contributed by atoms with Gasteiger partial charge in [0.1, 0.15) is 0 Å². The Balaban J connectivity index is 4.31. The first-order valence-corrected chi connectivity index (χ1v) is 7.92. The summed E-state index contributed by atoms with van der Waals surface area (Å²) in [6.07, 6.45) is 8.17. The van der Waals surface area contributed by atoms with Crippen molar-refractivity contribution < 1.29 is 14.6 Å². The molecule has 0 heterocycles. The molecule has 0 amide bonds. The van der Waals surface area contributed by atoms with E-state index in [2.05, 4.69) is 6.92 Å². The van der Waals surface area contributed by atoms with Crippen LogP contribution in [0.5, 0.6) is 0 Å². The van der Waals surface area contributed by atoms with E-state index in [-0.39, 0.29) is 5.92 Å². The van der Waals surface area contributed by atoms with E-state index in [4.69, 9.17) is 4.74 Å². The summed E-state index contributed by atoms with van der Waals surface area (Å²) in [4.78, 5) is 12.0. The van der Waals surface area contributed by atoms with Crippen LogP contribution >= 0.6 is 0 Å². The van der Waals surface area contributed by atoms with Gasteiger partial charge in [-0.2, -0.15) is 0 Å². The monoisotopic (exact) mass is 272 g/mol. The Morgan fingerprint density at radius 3 is 2.26 bits per heavy atom. The van der Waals surface area contributed by atoms with E-state index in [1.807, 2.05) is 13.8 Å². The fourth-order valence-corrected chi connectivity index (χ4v) is 2.48. The van der Waals surface area contributed by atoms with Crippen LogP contribution < -0.4 is 0 Å². The summed E-state index contributed by atoms with van der Waals surface area (Å²) < 4.78 is 5.04. The predicted molar refractivity (Wildman–Crippen MR) is 79.0 cm³/mol. The standard InChI is InChI=1S/C16H32O3/c1-5-8-9-10-11-12-14(4)16(18,13-6-2)15(17)19-7-3/h14,18H,5-13H2,1-4H3. The van der Waals surface area contributed by atoms with Gasteiger partial charge >= 0.3 is 5.97 Å². The minimum atomic E-state index is -1.30. The Kier molecular flexibility index (Phi) is 9.94. The first-order chi connectivity index (χ1) is 9.02. The third kappa shape index (κ3) is 6.42. The Morgan fingerprint density at radius 1 is 1.11 bits per heavy atom. The van der Waals surface area contributed by atoms with E-state index in [0.29, 0.717) is 13.0 Å². The van der Waals surface area contributed by atoms with Crippen molar-refractivity contribution >= 4 is 5.97 Å². The molecular weight excluding hydrogens is 240 g/mol. The van der Waals surface area contributed by atoms with E-state index >= 15 is 0 Å². The number of aliphatic hydroxyl groups is 1. The second-order valence-electron chi connectivity index (χ2n) is 5.50. The topological polar surface area (TPSA) is 46.5 Å². The smallest absolute Gasteiger partial charge is 0.338 e. The molecule has 0 saturated heterocycles. The molecular formula is C16H32O3. The van der Waals surface area contributed by atoms with Gasteiger partial charge in [-0.15, -0.1) is 0 Å². The van der Waals surface area contributed by atoms with E-state index in [0.717, 1.165) is 19.3 Å². The highest BCUT2D eigenvalue weighted by molar-refractivity contribution is 5.79. The zero-order valence-corrected chi connectivity index (χ0v) is 13.2. The fourth-order valence-electron chi connectivity index (χ4n) is 2.48. The minimum absolute atomic E-state index is 0.0341. The molecule has 0 bridgehead atoms. The van der Waals surface area contributed by atoms with Crippen molar-refractivity contribution in [3.8, 4) is 0 Å². The largest absolute Gasteiger partial charge is 0.464 e. The molecule has 0 saturated carbocycles. The maximum atomic E-state index is 12.0. The highest BCUT2D eigenvalue weighted by Gasteiger charge is 2.41. The maximum Gasteiger partial charge on any atom is 0.338 e. The molecule has 0 aliphatic rings. The average molecular weight is 272 g/mol. The number of rotatable bonds is 11. The van der Waals surface area contributed by atoms with Gasteiger partial charge in [0.15, 0.2) is 5.60 Å². The third-order valence-corrected chi connectivity index (χ3v) is 3.82. The predicted octanol–water partition coefficient (Wildman–Crippen LogP) is 4.08. The van der Waals surface area contributed by atoms with Crippen molar-refractivity contribution in [2.45, 2.75) is 84.7 Å². The molecule has 0 fully saturated rings. The zero-order chi connectivity index (χ0) is 14.7. The molecule has 1 N–H and O–H groups in total. The summed E-state index contributed by atoms with van der Waals surface area (Å²) in [5, 5.41) is 10.6. The van der Waals surface area contributed by atoms with E-state index < -0.39 is 11.6 Å². The van der Waals surface area contributed by atoms with Gasteiger partial charge in [-0.1, -0.05) is 59.3 Å². The molecule has 0 aliphatic carbocycles. The highest BCUT2D eigenvalue weighted by atomic mass is 16.5. The van der Waals surface area contributed by atoms with Gasteiger partial charge < -0.3 is 9.84 Å². The molecule has 2 unspecified atom stereocenters. The molecule has 0 spiro atoms. The lowest BCUT2D eigenvalue weighted by molar-refractivity contribution is -0.172. The van der Waals surface area contributed by atoms with Crippen molar-refractivity contribution in [3.05, 3.63) is 0 Å². The molecule has 0 aromatic carbocycles. The number of ether oxygens (including phenoxy) is 1. The zero-order valence-electron chi connectivity index (χ0n) is 13.2. The Morgan fingerprint density at radius 2 is 1.74 bits per heavy atom. The molecule has 0 aromatic heterocycles. The number of hydrogen-bond donors (Lipinski definition) is 1. The number of hydrogen-bond acceptors (Lipinski definition) is 3. The van der Waals surface area contributed by atoms with Gasteiger partial charge in [0.25, 0.3) is 0 Å². The lowest BCUT2D eigenvalue weighted by Crippen LogP contribution is -2.46. The Bertz CT molecular complexity index is 240. The molecule has 0 rings (SSSR count). The SMILES string of the molecule is CCCCCCCC(C)C(O)(CCC)C(=O)OCC. The number of carbonyl (C=O) groups excluding carboxylic acids is 1. The maximum absolute atomic E-state index is 12.0. The Hall–Kier alpha value is -0.570. The van der Waals surface area contributed by atoms with Crippen LogP contribution in [-0.2, 0) is 9.53 Å². The van der Waals surface area contributed by atoms with Gasteiger partial charge in [-0.05, 0) is 25.7 Å². The molecule has 0 aromatic rings. The van der Waals surface area contributed by atoms with Crippen molar-refractivity contribution in [1.29, 1.82) is 0 Å². The van der Waals surface area contributed by atoms with Crippen molar-refractivity contribution in [2.75, 3.05) is 6.61 Å². The molecule has 19 heavy (non-hydrogen) atoms. The molecule has 3 heteroatoms. The van der Waals surface area contributed by atoms with Crippen molar-refractivity contribution in [1.82, 2.24) is 0 Å². The van der Waals surface area contributed by atoms with Crippen LogP contribution in [0.1, 0.15) is 79.1 Å². The number of carbonyl (C=O) groups is 1. The van der Waals surface area contributed by atoms with Crippen LogP contribution in [0.15, 0.2) is 0 Å². The van der Waals surface area contributed by atoms with Crippen LogP contribution in [0.2, 0.25) is 0 Å². The number of esters is 1. The van der Waals surface area contributed by atoms with E-state index in [9.17, 15) is 9.90 Å². The van der Waals surface area contributed by atoms with Crippen LogP contribution in [0.4, 0.5) is 0 Å². The van der Waals surface area contributed by atoms with E-state index in [1.165, 1.54) is 25.7 Å². The Labute approximate surface area is 118 Å². The molecule has 114 valence electrons. The van der Waals surface area contributed by atoms with Gasteiger partial charge in [0.2, 0.25) is 0 Å². The second-order valence-corrected chi connectivity index (χ2v) is 5.50. The summed E-state index contributed by atoms with van der Waals surface area (Å²) in [5.74, 6) is -0.481. The first kappa shape index (κ1) is 18.4. The summed E-state index contributed by atoms with van der Waals surface area (Å²) in [5.41, 5.74) is -1.30. The fraction of sp³-hybridized carbons (Fsp3) is 0.938. The van der Waals surface area contributed by atoms with Gasteiger partial charge in [0, 0.05) is 0 Å². The lowest BCUT2D eigenvalue weighted by atomic mass is 9.81. The van der Waals surface area contributed by atoms with Crippen LogP contribution in [0, 0.1) is 5.92 Å². The quantitative estimate of drug-likeness (QED) is 0.455. The summed E-state index contributed by atoms with van der Waals surface area (Å²) in [7, 11) is 0. The molecule has 2 atom stereocenters. The van der Waals surface area contributed by atoms with E-state index in [1.54, 1.807) is 6.92 Å². The normalized spacial score (nSPS) is 15.8. The van der Waals surface area contributed by atoms with Crippen molar-refractivity contribution in [3.63, 3.8) is 0 Å². The lowest BCUT2D eigenvalue weighted by Gasteiger charge is -2.31. The second kappa shape index (κ2) is 10.2. The van der Waals surface area contributed by atoms with Crippen LogP contribution in [0.25, 0.3) is 0 Å². The summed E-state index contributed by atoms with van der Waals surface area (Å²) >= 11 is 0. The third-order valence-electron chi connectivity index (χ3n) is 3.82. The molecule has 0 radical (unpaired) electrons. The minimum Gasteiger partial charge on any atom is -0.464 e. The van der Waals surface area contributed by atoms with Crippen molar-refractivity contribution in [2.24, 2.45) is 5.92 Å². The number of unbranched alkanes of at least 4 members (excludes halogenated alkanes) is 4. The van der Waals surface area contributed by atoms with Crippen LogP contribution in [0.3, 0.4) is 0 Å². The molecule has 3 nitrogen and oxygen atoms in total. The molecule has 0 aliphatic heterocycles. The summed E-state index contributed by atoms with van der Waals surface area (Å²) in [6, 6.07) is 0. The van der Waals surface area contributed by atoms with Gasteiger partial charge in [0.05, 0.1) is 6.61 Å². The average Bonchev–Trinajstić information content (AvgIpc) is 2.38. The highest BCUT2D eigenvalue weighted by Crippen LogP contribution is 2.29. The summed E-state index contributed by atoms with van der Waals surface area (Å²) in [6.45, 7) is 8.25. The van der Waals surface area contributed by atoms with Gasteiger partial charge in [-0.25, -0.2) is 4.79 Å². The first-order valence-electron chi connectivity index (χ1n) is 7.92. The van der Waals surface area contributed by atoms with Gasteiger partial charge in [-0.3, -0.25) is 0 Å².